The highest BCUT2D eigenvalue weighted by molar-refractivity contribution is 5.97. The maximum Gasteiger partial charge on any atom is 0.420 e. The van der Waals surface area contributed by atoms with E-state index in [0.717, 1.165) is 25.3 Å². The highest BCUT2D eigenvalue weighted by Crippen LogP contribution is 2.39. The second kappa shape index (κ2) is 8.29. The van der Waals surface area contributed by atoms with E-state index < -0.39 is 17.3 Å². The third kappa shape index (κ3) is 4.69. The molecule has 146 valence electrons. The lowest BCUT2D eigenvalue weighted by Gasteiger charge is -2.38. The molecule has 1 aliphatic carbocycles. The van der Waals surface area contributed by atoms with Crippen LogP contribution in [0.25, 0.3) is 0 Å². The summed E-state index contributed by atoms with van der Waals surface area (Å²) in [7, 11) is 1.18. The Balaban J connectivity index is 2.26. The van der Waals surface area contributed by atoms with Crippen LogP contribution in [0.2, 0.25) is 0 Å². The van der Waals surface area contributed by atoms with E-state index in [9.17, 15) is 18.0 Å². The fraction of sp³-hybridized carbons (Fsp3) is 0.632. The van der Waals surface area contributed by atoms with Crippen LogP contribution in [0.3, 0.4) is 0 Å². The number of carbonyl (C=O) groups is 1. The Morgan fingerprint density at radius 2 is 2.12 bits per heavy atom. The average molecular weight is 373 g/mol. The number of carbonyl (C=O) groups excluding carboxylic acids is 1. The third-order valence-corrected chi connectivity index (χ3v) is 4.71. The number of amides is 1. The molecule has 1 aromatic rings. The van der Waals surface area contributed by atoms with Crippen molar-refractivity contribution in [3.05, 3.63) is 23.8 Å². The number of halogens is 3. The number of benzene rings is 1. The van der Waals surface area contributed by atoms with Gasteiger partial charge >= 0.3 is 6.18 Å². The van der Waals surface area contributed by atoms with Gasteiger partial charge in [0.05, 0.1) is 12.7 Å². The van der Waals surface area contributed by atoms with E-state index in [1.807, 2.05) is 6.92 Å². The summed E-state index contributed by atoms with van der Waals surface area (Å²) in [6.07, 6.45) is -0.779. The fourth-order valence-electron chi connectivity index (χ4n) is 3.46. The number of alkyl halides is 3. The summed E-state index contributed by atoms with van der Waals surface area (Å²) < 4.78 is 50.2. The summed E-state index contributed by atoms with van der Waals surface area (Å²) in [5.74, 6) is -0.331. The quantitative estimate of drug-likeness (QED) is 0.761. The Kier molecular flexibility index (Phi) is 6.55. The molecule has 1 N–H and O–H groups in total. The van der Waals surface area contributed by atoms with Crippen molar-refractivity contribution in [2.75, 3.05) is 19.0 Å². The topological polar surface area (TPSA) is 47.6 Å². The molecular formula is C19H26F3NO3. The Morgan fingerprint density at radius 1 is 1.38 bits per heavy atom. The van der Waals surface area contributed by atoms with Gasteiger partial charge in [-0.1, -0.05) is 20.3 Å². The number of anilines is 1. The van der Waals surface area contributed by atoms with Gasteiger partial charge in [0.2, 0.25) is 0 Å². The third-order valence-electron chi connectivity index (χ3n) is 4.71. The van der Waals surface area contributed by atoms with Gasteiger partial charge in [0.1, 0.15) is 11.4 Å². The van der Waals surface area contributed by atoms with Crippen molar-refractivity contribution in [2.45, 2.75) is 57.7 Å². The predicted molar refractivity (Wildman–Crippen MR) is 93.2 cm³/mol. The molecule has 0 unspecified atom stereocenters. The maximum absolute atomic E-state index is 13.2. The molecule has 0 saturated heterocycles. The smallest absolute Gasteiger partial charge is 0.420 e. The molecule has 1 aliphatic rings. The molecule has 0 spiro atoms. The SMILES string of the molecule is CCCO[C@]1(C(=O)Nc2ccc(OC)c(C(F)(F)F)c2)CCC[C@H](C)C1. The Bertz CT molecular complexity index is 633. The summed E-state index contributed by atoms with van der Waals surface area (Å²) in [6.45, 7) is 4.46. The van der Waals surface area contributed by atoms with Gasteiger partial charge in [0.25, 0.3) is 5.91 Å². The zero-order valence-electron chi connectivity index (χ0n) is 15.4. The molecule has 1 amide bonds. The van der Waals surface area contributed by atoms with E-state index in [2.05, 4.69) is 12.2 Å². The summed E-state index contributed by atoms with van der Waals surface area (Å²) in [5.41, 5.74) is -1.81. The van der Waals surface area contributed by atoms with Crippen LogP contribution in [0.1, 0.15) is 51.5 Å². The van der Waals surface area contributed by atoms with Gasteiger partial charge in [-0.25, -0.2) is 0 Å². The number of methoxy groups -OCH3 is 1. The molecule has 2 rings (SSSR count). The molecule has 2 atom stereocenters. The van der Waals surface area contributed by atoms with E-state index in [1.165, 1.54) is 19.2 Å². The van der Waals surface area contributed by atoms with Gasteiger partial charge in [0, 0.05) is 12.3 Å². The highest BCUT2D eigenvalue weighted by atomic mass is 19.4. The zero-order valence-corrected chi connectivity index (χ0v) is 15.4. The molecule has 0 bridgehead atoms. The maximum atomic E-state index is 13.2. The highest BCUT2D eigenvalue weighted by Gasteiger charge is 2.43. The monoisotopic (exact) mass is 373 g/mol. The lowest BCUT2D eigenvalue weighted by molar-refractivity contribution is -0.148. The minimum Gasteiger partial charge on any atom is -0.496 e. The molecular weight excluding hydrogens is 347 g/mol. The van der Waals surface area contributed by atoms with Crippen LogP contribution in [0.4, 0.5) is 18.9 Å². The number of rotatable bonds is 6. The van der Waals surface area contributed by atoms with Crippen LogP contribution in [0.5, 0.6) is 5.75 Å². The summed E-state index contributed by atoms with van der Waals surface area (Å²) in [5, 5.41) is 2.63. The van der Waals surface area contributed by atoms with Gasteiger partial charge in [0.15, 0.2) is 0 Å². The van der Waals surface area contributed by atoms with E-state index >= 15 is 0 Å². The van der Waals surface area contributed by atoms with Gasteiger partial charge in [-0.2, -0.15) is 13.2 Å². The zero-order chi connectivity index (χ0) is 19.4. The van der Waals surface area contributed by atoms with Crippen molar-refractivity contribution in [3.63, 3.8) is 0 Å². The number of hydrogen-bond acceptors (Lipinski definition) is 3. The van der Waals surface area contributed by atoms with E-state index in [4.69, 9.17) is 9.47 Å². The molecule has 26 heavy (non-hydrogen) atoms. The second-order valence-electron chi connectivity index (χ2n) is 6.91. The van der Waals surface area contributed by atoms with Crippen molar-refractivity contribution in [1.82, 2.24) is 0 Å². The minimum atomic E-state index is -4.57. The lowest BCUT2D eigenvalue weighted by Crippen LogP contribution is -2.48. The van der Waals surface area contributed by atoms with E-state index in [1.54, 1.807) is 0 Å². The fourth-order valence-corrected chi connectivity index (χ4v) is 3.46. The standard InChI is InChI=1S/C19H26F3NO3/c1-4-10-26-18(9-5-6-13(2)12-18)17(24)23-14-7-8-16(25-3)15(11-14)19(20,21)22/h7-8,11,13H,4-6,9-10,12H2,1-3H3,(H,23,24)/t13-,18+/m0/s1. The average Bonchev–Trinajstić information content (AvgIpc) is 2.59. The molecule has 0 aromatic heterocycles. The minimum absolute atomic E-state index is 0.0841. The van der Waals surface area contributed by atoms with E-state index in [0.29, 0.717) is 25.4 Å². The summed E-state index contributed by atoms with van der Waals surface area (Å²) in [6, 6.07) is 3.52. The largest absolute Gasteiger partial charge is 0.496 e. The van der Waals surface area contributed by atoms with Gasteiger partial charge in [-0.3, -0.25) is 4.79 Å². The number of ether oxygens (including phenoxy) is 2. The van der Waals surface area contributed by atoms with Crippen LogP contribution in [-0.2, 0) is 15.7 Å². The molecule has 0 aliphatic heterocycles. The Hall–Kier alpha value is -1.76. The van der Waals surface area contributed by atoms with Crippen LogP contribution in [0, 0.1) is 5.92 Å². The molecule has 1 fully saturated rings. The molecule has 1 aromatic carbocycles. The van der Waals surface area contributed by atoms with Crippen molar-refractivity contribution in [1.29, 1.82) is 0 Å². The summed E-state index contributed by atoms with van der Waals surface area (Å²) >= 11 is 0. The molecule has 4 nitrogen and oxygen atoms in total. The Labute approximate surface area is 152 Å². The van der Waals surface area contributed by atoms with Crippen LogP contribution < -0.4 is 10.1 Å². The lowest BCUT2D eigenvalue weighted by atomic mass is 9.78. The first-order chi connectivity index (χ1) is 12.2. The number of nitrogens with one attached hydrogen (secondary N) is 1. The van der Waals surface area contributed by atoms with Gasteiger partial charge < -0.3 is 14.8 Å². The predicted octanol–water partition coefficient (Wildman–Crippen LogP) is 5.03. The molecule has 7 heteroatoms. The first-order valence-corrected chi connectivity index (χ1v) is 8.92. The van der Waals surface area contributed by atoms with Gasteiger partial charge in [-0.15, -0.1) is 0 Å². The van der Waals surface area contributed by atoms with Crippen molar-refractivity contribution >= 4 is 11.6 Å². The van der Waals surface area contributed by atoms with Gasteiger partial charge in [-0.05, 0) is 49.8 Å². The van der Waals surface area contributed by atoms with E-state index in [-0.39, 0.29) is 17.3 Å². The van der Waals surface area contributed by atoms with Crippen molar-refractivity contribution < 1.29 is 27.4 Å². The van der Waals surface area contributed by atoms with Crippen LogP contribution >= 0.6 is 0 Å². The first-order valence-electron chi connectivity index (χ1n) is 8.92. The molecule has 0 radical (unpaired) electrons. The number of hydrogen-bond donors (Lipinski definition) is 1. The van der Waals surface area contributed by atoms with Crippen molar-refractivity contribution in [3.8, 4) is 5.75 Å². The van der Waals surface area contributed by atoms with Crippen LogP contribution in [-0.4, -0.2) is 25.2 Å². The molecule has 0 heterocycles. The van der Waals surface area contributed by atoms with Crippen molar-refractivity contribution in [2.24, 2.45) is 5.92 Å². The van der Waals surface area contributed by atoms with Crippen LogP contribution in [0.15, 0.2) is 18.2 Å². The Morgan fingerprint density at radius 3 is 2.69 bits per heavy atom. The second-order valence-corrected chi connectivity index (χ2v) is 6.91. The first kappa shape index (κ1) is 20.6. The normalized spacial score (nSPS) is 23.5. The molecule has 1 saturated carbocycles. The summed E-state index contributed by atoms with van der Waals surface area (Å²) in [4.78, 5) is 12.9.